The van der Waals surface area contributed by atoms with Crippen molar-refractivity contribution in [2.75, 3.05) is 13.8 Å². The highest BCUT2D eigenvalue weighted by Gasteiger charge is 1.81. The highest BCUT2D eigenvalue weighted by molar-refractivity contribution is 7.80. The average Bonchev–Trinajstić information content (AvgIpc) is 1.68. The SMILES string of the molecule is CNC(=S)NCO. The molecule has 0 aromatic carbocycles. The predicted octanol–water partition coefficient (Wildman–Crippen LogP) is -0.970. The van der Waals surface area contributed by atoms with Gasteiger partial charge in [-0.25, -0.2) is 0 Å². The molecule has 0 spiro atoms. The van der Waals surface area contributed by atoms with Gasteiger partial charge in [0.15, 0.2) is 5.11 Å². The molecule has 0 aromatic heterocycles. The van der Waals surface area contributed by atoms with Crippen LogP contribution >= 0.6 is 12.2 Å². The molecule has 0 aromatic rings. The Bertz CT molecular complexity index is 66.0. The van der Waals surface area contributed by atoms with Crippen LogP contribution < -0.4 is 10.6 Å². The summed E-state index contributed by atoms with van der Waals surface area (Å²) in [5.41, 5.74) is 0. The molecule has 0 aliphatic carbocycles. The number of aliphatic hydroxyl groups excluding tert-OH is 1. The zero-order valence-corrected chi connectivity index (χ0v) is 4.88. The van der Waals surface area contributed by atoms with E-state index >= 15 is 0 Å². The van der Waals surface area contributed by atoms with E-state index in [1.807, 2.05) is 0 Å². The Morgan fingerprint density at radius 3 is 2.57 bits per heavy atom. The van der Waals surface area contributed by atoms with Crippen LogP contribution in [0.1, 0.15) is 0 Å². The smallest absolute Gasteiger partial charge is 0.167 e. The topological polar surface area (TPSA) is 44.3 Å². The van der Waals surface area contributed by atoms with Crippen molar-refractivity contribution in [1.29, 1.82) is 0 Å². The highest BCUT2D eigenvalue weighted by Crippen LogP contribution is 1.56. The van der Waals surface area contributed by atoms with Gasteiger partial charge in [-0.05, 0) is 12.2 Å². The van der Waals surface area contributed by atoms with Crippen molar-refractivity contribution >= 4 is 17.3 Å². The van der Waals surface area contributed by atoms with Crippen molar-refractivity contribution in [2.45, 2.75) is 0 Å². The summed E-state index contributed by atoms with van der Waals surface area (Å²) in [6.07, 6.45) is 0. The highest BCUT2D eigenvalue weighted by atomic mass is 32.1. The fourth-order valence-corrected chi connectivity index (χ4v) is 0.225. The summed E-state index contributed by atoms with van der Waals surface area (Å²) in [6.45, 7) is -0.111. The third kappa shape index (κ3) is 3.48. The zero-order chi connectivity index (χ0) is 5.70. The third-order valence-electron chi connectivity index (χ3n) is 0.467. The van der Waals surface area contributed by atoms with Gasteiger partial charge in [0.2, 0.25) is 0 Å². The van der Waals surface area contributed by atoms with Gasteiger partial charge in [-0.2, -0.15) is 0 Å². The molecule has 0 rings (SSSR count). The number of aliphatic hydroxyl groups is 1. The van der Waals surface area contributed by atoms with Crippen LogP contribution in [-0.4, -0.2) is 24.0 Å². The molecule has 3 N–H and O–H groups in total. The molecule has 0 unspecified atom stereocenters. The zero-order valence-electron chi connectivity index (χ0n) is 4.06. The molecule has 0 bridgehead atoms. The lowest BCUT2D eigenvalue weighted by atomic mass is 11.0. The molecule has 0 saturated heterocycles. The molecule has 4 heteroatoms. The lowest BCUT2D eigenvalue weighted by molar-refractivity contribution is 0.286. The summed E-state index contributed by atoms with van der Waals surface area (Å²) in [6, 6.07) is 0. The third-order valence-corrected chi connectivity index (χ3v) is 0.815. The maximum Gasteiger partial charge on any atom is 0.167 e. The van der Waals surface area contributed by atoms with Crippen LogP contribution in [0.4, 0.5) is 0 Å². The van der Waals surface area contributed by atoms with Crippen LogP contribution in [0.15, 0.2) is 0 Å². The van der Waals surface area contributed by atoms with E-state index in [0.717, 1.165) is 0 Å². The van der Waals surface area contributed by atoms with E-state index in [1.165, 1.54) is 0 Å². The van der Waals surface area contributed by atoms with Crippen LogP contribution in [0.3, 0.4) is 0 Å². The van der Waals surface area contributed by atoms with Crippen LogP contribution in [-0.2, 0) is 0 Å². The minimum absolute atomic E-state index is 0.111. The molecule has 3 nitrogen and oxygen atoms in total. The standard InChI is InChI=1S/C3H8N2OS/c1-4-3(7)5-2-6/h6H,2H2,1H3,(H2,4,5,7). The van der Waals surface area contributed by atoms with E-state index in [1.54, 1.807) is 7.05 Å². The van der Waals surface area contributed by atoms with Crippen molar-refractivity contribution in [2.24, 2.45) is 0 Å². The lowest BCUT2D eigenvalue weighted by Gasteiger charge is -1.99. The molecule has 0 aliphatic heterocycles. The van der Waals surface area contributed by atoms with E-state index in [0.29, 0.717) is 5.11 Å². The molecule has 0 saturated carbocycles. The van der Waals surface area contributed by atoms with E-state index in [2.05, 4.69) is 22.9 Å². The van der Waals surface area contributed by atoms with Crippen molar-refractivity contribution in [3.8, 4) is 0 Å². The van der Waals surface area contributed by atoms with E-state index in [9.17, 15) is 0 Å². The monoisotopic (exact) mass is 120 g/mol. The van der Waals surface area contributed by atoms with Crippen molar-refractivity contribution < 1.29 is 5.11 Å². The van der Waals surface area contributed by atoms with Gasteiger partial charge in [0.1, 0.15) is 6.73 Å². The Kier molecular flexibility index (Phi) is 3.64. The Hall–Kier alpha value is -0.350. The van der Waals surface area contributed by atoms with Crippen LogP contribution in [0.5, 0.6) is 0 Å². The summed E-state index contributed by atoms with van der Waals surface area (Å²) in [5, 5.41) is 13.7. The van der Waals surface area contributed by atoms with Gasteiger partial charge in [-0.1, -0.05) is 0 Å². The second-order valence-electron chi connectivity index (χ2n) is 0.914. The van der Waals surface area contributed by atoms with Crippen molar-refractivity contribution in [1.82, 2.24) is 10.6 Å². The molecular formula is C3H8N2OS. The Balaban J connectivity index is 3.00. The van der Waals surface area contributed by atoms with Gasteiger partial charge < -0.3 is 15.7 Å². The minimum atomic E-state index is -0.111. The normalized spacial score (nSPS) is 7.71. The van der Waals surface area contributed by atoms with Crippen LogP contribution in [0.25, 0.3) is 0 Å². The molecule has 0 fully saturated rings. The number of hydrogen-bond acceptors (Lipinski definition) is 2. The Morgan fingerprint density at radius 1 is 1.86 bits per heavy atom. The fraction of sp³-hybridized carbons (Fsp3) is 0.667. The lowest BCUT2D eigenvalue weighted by Crippen LogP contribution is -2.32. The Morgan fingerprint density at radius 2 is 2.43 bits per heavy atom. The summed E-state index contributed by atoms with van der Waals surface area (Å²) in [7, 11) is 1.69. The molecule has 0 aliphatic rings. The second kappa shape index (κ2) is 3.83. The molecule has 0 atom stereocenters. The molecule has 0 radical (unpaired) electrons. The first-order chi connectivity index (χ1) is 3.31. The molecule has 7 heavy (non-hydrogen) atoms. The van der Waals surface area contributed by atoms with Gasteiger partial charge in [-0.15, -0.1) is 0 Å². The molecule has 0 amide bonds. The van der Waals surface area contributed by atoms with Crippen LogP contribution in [0.2, 0.25) is 0 Å². The Labute approximate surface area is 47.7 Å². The number of hydrogen-bond donors (Lipinski definition) is 3. The van der Waals surface area contributed by atoms with Crippen molar-refractivity contribution in [3.63, 3.8) is 0 Å². The number of rotatable bonds is 1. The number of nitrogens with one attached hydrogen (secondary N) is 2. The van der Waals surface area contributed by atoms with Gasteiger partial charge in [0.05, 0.1) is 0 Å². The van der Waals surface area contributed by atoms with E-state index < -0.39 is 0 Å². The maximum atomic E-state index is 8.13. The first-order valence-electron chi connectivity index (χ1n) is 1.87. The van der Waals surface area contributed by atoms with Gasteiger partial charge in [0.25, 0.3) is 0 Å². The van der Waals surface area contributed by atoms with Crippen LogP contribution in [0, 0.1) is 0 Å². The first kappa shape index (κ1) is 6.65. The van der Waals surface area contributed by atoms with Gasteiger partial charge >= 0.3 is 0 Å². The molecule has 42 valence electrons. The molecular weight excluding hydrogens is 112 g/mol. The first-order valence-corrected chi connectivity index (χ1v) is 2.28. The average molecular weight is 120 g/mol. The summed E-state index contributed by atoms with van der Waals surface area (Å²) >= 11 is 4.57. The predicted molar refractivity (Wildman–Crippen MR) is 31.9 cm³/mol. The summed E-state index contributed by atoms with van der Waals surface area (Å²) in [4.78, 5) is 0. The van der Waals surface area contributed by atoms with E-state index in [-0.39, 0.29) is 6.73 Å². The van der Waals surface area contributed by atoms with Gasteiger partial charge in [-0.3, -0.25) is 0 Å². The fourth-order valence-electron chi connectivity index (χ4n) is 0.160. The molecule has 0 heterocycles. The second-order valence-corrected chi connectivity index (χ2v) is 1.32. The van der Waals surface area contributed by atoms with Crippen molar-refractivity contribution in [3.05, 3.63) is 0 Å². The largest absolute Gasteiger partial charge is 0.377 e. The summed E-state index contributed by atoms with van der Waals surface area (Å²) < 4.78 is 0. The number of thiocarbonyl (C=S) groups is 1. The quantitative estimate of drug-likeness (QED) is 0.308. The van der Waals surface area contributed by atoms with Gasteiger partial charge in [0, 0.05) is 7.05 Å². The van der Waals surface area contributed by atoms with E-state index in [4.69, 9.17) is 5.11 Å². The minimum Gasteiger partial charge on any atom is -0.377 e. The maximum absolute atomic E-state index is 8.13. The summed E-state index contributed by atoms with van der Waals surface area (Å²) in [5.74, 6) is 0.